The Labute approximate surface area is 185 Å². The maximum absolute atomic E-state index is 6.25. The highest BCUT2D eigenvalue weighted by molar-refractivity contribution is 5.85. The summed E-state index contributed by atoms with van der Waals surface area (Å²) in [6.45, 7) is 1.12. The van der Waals surface area contributed by atoms with Gasteiger partial charge in [-0.05, 0) is 29.7 Å². The van der Waals surface area contributed by atoms with E-state index in [1.165, 1.54) is 11.1 Å². The van der Waals surface area contributed by atoms with Crippen LogP contribution in [0.2, 0.25) is 0 Å². The largest absolute Gasteiger partial charge is 0.463 e. The van der Waals surface area contributed by atoms with Crippen molar-refractivity contribution in [3.8, 4) is 17.6 Å². The Kier molecular flexibility index (Phi) is 5.53. The van der Waals surface area contributed by atoms with Gasteiger partial charge in [-0.15, -0.1) is 0 Å². The third-order valence-electron chi connectivity index (χ3n) is 5.27. The van der Waals surface area contributed by atoms with Crippen molar-refractivity contribution in [2.24, 2.45) is 0 Å². The van der Waals surface area contributed by atoms with Crippen molar-refractivity contribution in [3.63, 3.8) is 0 Å². The lowest BCUT2D eigenvalue weighted by Crippen LogP contribution is -2.08. The molecule has 0 saturated carbocycles. The van der Waals surface area contributed by atoms with Crippen molar-refractivity contribution in [1.82, 2.24) is 19.5 Å². The van der Waals surface area contributed by atoms with Gasteiger partial charge in [-0.2, -0.15) is 9.97 Å². The Bertz CT molecular complexity index is 1300. The van der Waals surface area contributed by atoms with Gasteiger partial charge in [0, 0.05) is 13.0 Å². The summed E-state index contributed by atoms with van der Waals surface area (Å²) in [5.74, 6) is 1.61. The molecule has 0 aliphatic heterocycles. The van der Waals surface area contributed by atoms with Crippen LogP contribution in [0, 0.1) is 0 Å². The number of nitrogen functional groups attached to an aromatic ring is 1. The molecule has 0 aliphatic rings. The fourth-order valence-corrected chi connectivity index (χ4v) is 3.66. The van der Waals surface area contributed by atoms with E-state index in [1.807, 2.05) is 53.1 Å². The van der Waals surface area contributed by atoms with E-state index in [-0.39, 0.29) is 11.8 Å². The monoisotopic (exact) mass is 425 g/mol. The van der Waals surface area contributed by atoms with Gasteiger partial charge >= 0.3 is 6.01 Å². The normalized spacial score (nSPS) is 11.1. The molecule has 7 heteroatoms. The molecule has 3 heterocycles. The van der Waals surface area contributed by atoms with Crippen LogP contribution in [0.3, 0.4) is 0 Å². The molecule has 0 unspecified atom stereocenters. The van der Waals surface area contributed by atoms with Gasteiger partial charge in [0.15, 0.2) is 28.6 Å². The average molecular weight is 425 g/mol. The predicted molar refractivity (Wildman–Crippen MR) is 123 cm³/mol. The van der Waals surface area contributed by atoms with E-state index in [0.29, 0.717) is 35.9 Å². The number of rotatable bonds is 8. The quantitative estimate of drug-likeness (QED) is 0.393. The van der Waals surface area contributed by atoms with Crippen LogP contribution in [0.5, 0.6) is 6.01 Å². The topological polar surface area (TPSA) is 92.0 Å². The zero-order valence-corrected chi connectivity index (χ0v) is 17.5. The summed E-state index contributed by atoms with van der Waals surface area (Å²) >= 11 is 0. The molecule has 0 radical (unpaired) electrons. The average Bonchev–Trinajstić information content (AvgIpc) is 3.47. The predicted octanol–water partition coefficient (Wildman–Crippen LogP) is 4.53. The van der Waals surface area contributed by atoms with Crippen LogP contribution in [0.25, 0.3) is 22.7 Å². The molecule has 0 fully saturated rings. The lowest BCUT2D eigenvalue weighted by atomic mass is 10.1. The number of anilines is 1. The summed E-state index contributed by atoms with van der Waals surface area (Å²) in [4.78, 5) is 13.7. The highest BCUT2D eigenvalue weighted by Crippen LogP contribution is 2.28. The molecule has 0 bridgehead atoms. The first-order valence-electron chi connectivity index (χ1n) is 10.6. The van der Waals surface area contributed by atoms with Gasteiger partial charge in [0.1, 0.15) is 0 Å². The molecule has 3 aromatic heterocycles. The standard InChI is InChI=1S/C25H23N5O2/c26-22-21-24(29-25(28-22)32-17-14-19-10-5-2-6-11-19)30(15-13-18-8-3-1-4-9-18)23(27-21)20-12-7-16-31-20/h1-12,16H,13-15,17H2,(H2,26,28,29). The van der Waals surface area contributed by atoms with Crippen LogP contribution in [0.15, 0.2) is 83.5 Å². The first-order valence-corrected chi connectivity index (χ1v) is 10.6. The molecule has 160 valence electrons. The van der Waals surface area contributed by atoms with Crippen molar-refractivity contribution in [1.29, 1.82) is 0 Å². The van der Waals surface area contributed by atoms with Crippen molar-refractivity contribution in [2.45, 2.75) is 19.4 Å². The summed E-state index contributed by atoms with van der Waals surface area (Å²) in [7, 11) is 0. The minimum atomic E-state index is 0.248. The number of nitrogens with zero attached hydrogens (tertiary/aromatic N) is 4. The van der Waals surface area contributed by atoms with Crippen LogP contribution >= 0.6 is 0 Å². The minimum Gasteiger partial charge on any atom is -0.463 e. The van der Waals surface area contributed by atoms with Crippen molar-refractivity contribution in [2.75, 3.05) is 12.3 Å². The summed E-state index contributed by atoms with van der Waals surface area (Å²) in [6.07, 6.45) is 3.20. The first kappa shape index (κ1) is 19.8. The smallest absolute Gasteiger partial charge is 0.320 e. The SMILES string of the molecule is Nc1nc(OCCc2ccccc2)nc2c1nc(-c1ccco1)n2CCc1ccccc1. The third kappa shape index (κ3) is 4.18. The van der Waals surface area contributed by atoms with Gasteiger partial charge in [0.25, 0.3) is 0 Å². The molecule has 32 heavy (non-hydrogen) atoms. The Balaban J connectivity index is 1.46. The Hall–Kier alpha value is -4.13. The summed E-state index contributed by atoms with van der Waals surface area (Å²) in [6, 6.07) is 24.4. The van der Waals surface area contributed by atoms with Crippen LogP contribution in [-0.4, -0.2) is 26.1 Å². The molecule has 5 rings (SSSR count). The Morgan fingerprint density at radius 1 is 0.812 bits per heavy atom. The van der Waals surface area contributed by atoms with Gasteiger partial charge in [0.05, 0.1) is 12.9 Å². The van der Waals surface area contributed by atoms with Gasteiger partial charge in [0.2, 0.25) is 0 Å². The van der Waals surface area contributed by atoms with E-state index in [4.69, 9.17) is 19.9 Å². The molecule has 0 aliphatic carbocycles. The summed E-state index contributed by atoms with van der Waals surface area (Å²) in [5, 5.41) is 0. The van der Waals surface area contributed by atoms with Gasteiger partial charge in [-0.25, -0.2) is 4.98 Å². The lowest BCUT2D eigenvalue weighted by molar-refractivity contribution is 0.297. The highest BCUT2D eigenvalue weighted by Gasteiger charge is 2.20. The van der Waals surface area contributed by atoms with Crippen molar-refractivity contribution < 1.29 is 9.15 Å². The molecule has 2 N–H and O–H groups in total. The molecular formula is C25H23N5O2. The zero-order valence-electron chi connectivity index (χ0n) is 17.5. The van der Waals surface area contributed by atoms with Crippen molar-refractivity contribution >= 4 is 17.0 Å². The first-order chi connectivity index (χ1) is 15.8. The number of benzene rings is 2. The fraction of sp³-hybridized carbons (Fsp3) is 0.160. The molecule has 0 saturated heterocycles. The van der Waals surface area contributed by atoms with E-state index in [9.17, 15) is 0 Å². The van der Waals surface area contributed by atoms with Crippen LogP contribution < -0.4 is 10.5 Å². The van der Waals surface area contributed by atoms with Gasteiger partial charge in [-0.1, -0.05) is 60.7 Å². The highest BCUT2D eigenvalue weighted by atomic mass is 16.5. The lowest BCUT2D eigenvalue weighted by Gasteiger charge is -2.09. The molecule has 2 aromatic carbocycles. The molecule has 0 atom stereocenters. The van der Waals surface area contributed by atoms with E-state index in [1.54, 1.807) is 6.26 Å². The second-order valence-electron chi connectivity index (χ2n) is 7.45. The zero-order chi connectivity index (χ0) is 21.8. The second-order valence-corrected chi connectivity index (χ2v) is 7.45. The van der Waals surface area contributed by atoms with E-state index < -0.39 is 0 Å². The van der Waals surface area contributed by atoms with E-state index in [2.05, 4.69) is 34.2 Å². The van der Waals surface area contributed by atoms with Crippen molar-refractivity contribution in [3.05, 3.63) is 90.2 Å². The summed E-state index contributed by atoms with van der Waals surface area (Å²) in [5.41, 5.74) is 9.83. The number of aryl methyl sites for hydroxylation is 2. The number of nitrogens with two attached hydrogens (primary N) is 1. The van der Waals surface area contributed by atoms with Crippen LogP contribution in [0.4, 0.5) is 5.82 Å². The fourth-order valence-electron chi connectivity index (χ4n) is 3.66. The maximum Gasteiger partial charge on any atom is 0.320 e. The number of furan rings is 1. The minimum absolute atomic E-state index is 0.248. The van der Waals surface area contributed by atoms with Crippen LogP contribution in [-0.2, 0) is 19.4 Å². The third-order valence-corrected chi connectivity index (χ3v) is 5.27. The van der Waals surface area contributed by atoms with E-state index in [0.717, 1.165) is 12.8 Å². The van der Waals surface area contributed by atoms with Gasteiger partial charge < -0.3 is 19.5 Å². The number of imidazole rings is 1. The number of hydrogen-bond donors (Lipinski definition) is 1. The molecule has 0 amide bonds. The number of hydrogen-bond acceptors (Lipinski definition) is 6. The second kappa shape index (κ2) is 8.93. The molecule has 7 nitrogen and oxygen atoms in total. The number of fused-ring (bicyclic) bond motifs is 1. The van der Waals surface area contributed by atoms with Crippen LogP contribution in [0.1, 0.15) is 11.1 Å². The maximum atomic E-state index is 6.25. The van der Waals surface area contributed by atoms with E-state index >= 15 is 0 Å². The summed E-state index contributed by atoms with van der Waals surface area (Å²) < 4.78 is 13.5. The van der Waals surface area contributed by atoms with Gasteiger partial charge in [-0.3, -0.25) is 0 Å². The molecule has 5 aromatic rings. The Morgan fingerprint density at radius 3 is 2.22 bits per heavy atom. The molecular weight excluding hydrogens is 402 g/mol. The Morgan fingerprint density at radius 2 is 1.53 bits per heavy atom. The molecule has 0 spiro atoms. The number of ether oxygens (including phenoxy) is 1. The number of aromatic nitrogens is 4.